The molecule has 0 aliphatic heterocycles. The monoisotopic (exact) mass is 199 g/mol. The molecule has 0 saturated heterocycles. The van der Waals surface area contributed by atoms with E-state index in [0.717, 1.165) is 11.3 Å². The van der Waals surface area contributed by atoms with Crippen LogP contribution in [0.3, 0.4) is 0 Å². The third kappa shape index (κ3) is 2.56. The highest BCUT2D eigenvalue weighted by Crippen LogP contribution is 2.09. The maximum absolute atomic E-state index is 5.21. The van der Waals surface area contributed by atoms with Crippen LogP contribution in [0, 0.1) is 13.8 Å². The van der Waals surface area contributed by atoms with E-state index in [-0.39, 0.29) is 0 Å². The van der Waals surface area contributed by atoms with Crippen LogP contribution in [0.4, 0.5) is 0 Å². The van der Waals surface area contributed by atoms with Crippen LogP contribution in [0.2, 0.25) is 0 Å². The van der Waals surface area contributed by atoms with Crippen LogP contribution >= 0.6 is 0 Å². The zero-order chi connectivity index (χ0) is 10.7. The molecule has 0 saturated carbocycles. The normalized spacial score (nSPS) is 11.1. The van der Waals surface area contributed by atoms with Gasteiger partial charge in [-0.2, -0.15) is 0 Å². The summed E-state index contributed by atoms with van der Waals surface area (Å²) in [5.74, 6) is 0.646. The van der Waals surface area contributed by atoms with Gasteiger partial charge in [-0.15, -0.1) is 0 Å². The lowest BCUT2D eigenvalue weighted by Crippen LogP contribution is -1.74. The van der Waals surface area contributed by atoms with Crippen molar-refractivity contribution in [3.8, 4) is 0 Å². The smallest absolute Gasteiger partial charge is 0.218 e. The summed E-state index contributed by atoms with van der Waals surface area (Å²) in [6.45, 7) is 3.98. The summed E-state index contributed by atoms with van der Waals surface area (Å²) < 4.78 is 5.21. The minimum atomic E-state index is 0.646. The molecule has 15 heavy (non-hydrogen) atoms. The van der Waals surface area contributed by atoms with E-state index in [4.69, 9.17) is 4.42 Å². The van der Waals surface area contributed by atoms with Crippen molar-refractivity contribution in [3.05, 3.63) is 53.2 Å². The fourth-order valence-corrected chi connectivity index (χ4v) is 1.29. The van der Waals surface area contributed by atoms with E-state index in [1.807, 2.05) is 19.1 Å². The van der Waals surface area contributed by atoms with E-state index >= 15 is 0 Å². The Morgan fingerprint density at radius 3 is 2.40 bits per heavy atom. The quantitative estimate of drug-likeness (QED) is 0.740. The summed E-state index contributed by atoms with van der Waals surface area (Å²) in [5, 5.41) is 0. The van der Waals surface area contributed by atoms with Gasteiger partial charge in [0.1, 0.15) is 6.26 Å². The lowest BCUT2D eigenvalue weighted by Gasteiger charge is -1.93. The maximum Gasteiger partial charge on any atom is 0.218 e. The summed E-state index contributed by atoms with van der Waals surface area (Å²) in [7, 11) is 0. The van der Waals surface area contributed by atoms with E-state index in [0.29, 0.717) is 5.89 Å². The fourth-order valence-electron chi connectivity index (χ4n) is 1.29. The van der Waals surface area contributed by atoms with Crippen LogP contribution in [0.1, 0.15) is 22.7 Å². The first-order valence-electron chi connectivity index (χ1n) is 4.91. The molecule has 0 spiro atoms. The van der Waals surface area contributed by atoms with Gasteiger partial charge < -0.3 is 4.42 Å². The average molecular weight is 199 g/mol. The predicted octanol–water partition coefficient (Wildman–Crippen LogP) is 3.46. The number of aryl methyl sites for hydroxylation is 2. The molecule has 0 N–H and O–H groups in total. The molecule has 76 valence electrons. The van der Waals surface area contributed by atoms with Gasteiger partial charge in [0.15, 0.2) is 0 Å². The topological polar surface area (TPSA) is 26.0 Å². The summed E-state index contributed by atoms with van der Waals surface area (Å²) >= 11 is 0. The molecular weight excluding hydrogens is 186 g/mol. The number of nitrogens with zero attached hydrogens (tertiary/aromatic N) is 1. The molecule has 1 aromatic heterocycles. The second-order valence-corrected chi connectivity index (χ2v) is 3.57. The average Bonchev–Trinajstić information content (AvgIpc) is 2.64. The Kier molecular flexibility index (Phi) is 2.68. The van der Waals surface area contributed by atoms with Crippen LogP contribution in [-0.2, 0) is 0 Å². The minimum absolute atomic E-state index is 0.646. The number of aromatic nitrogens is 1. The molecule has 2 rings (SSSR count). The standard InChI is InChI=1S/C13H13NO/c1-10-3-5-12(6-4-10)7-8-13-14-11(2)9-15-13/h3-9H,1-2H3. The van der Waals surface area contributed by atoms with Gasteiger partial charge in [-0.25, -0.2) is 4.98 Å². The predicted molar refractivity (Wildman–Crippen MR) is 61.3 cm³/mol. The highest BCUT2D eigenvalue weighted by atomic mass is 16.3. The first kappa shape index (κ1) is 9.71. The van der Waals surface area contributed by atoms with Crippen molar-refractivity contribution in [1.82, 2.24) is 4.98 Å². The molecule has 0 atom stereocenters. The molecule has 0 fully saturated rings. The lowest BCUT2D eigenvalue weighted by atomic mass is 10.1. The van der Waals surface area contributed by atoms with Crippen molar-refractivity contribution < 1.29 is 4.42 Å². The molecule has 2 nitrogen and oxygen atoms in total. The summed E-state index contributed by atoms with van der Waals surface area (Å²) in [6.07, 6.45) is 5.51. The SMILES string of the molecule is Cc1ccc(C=Cc2nc(C)co2)cc1. The van der Waals surface area contributed by atoms with Gasteiger partial charge in [0.05, 0.1) is 5.69 Å². The van der Waals surface area contributed by atoms with Crippen LogP contribution in [0.5, 0.6) is 0 Å². The Bertz CT molecular complexity index is 466. The Balaban J connectivity index is 2.14. The number of hydrogen-bond acceptors (Lipinski definition) is 2. The fraction of sp³-hybridized carbons (Fsp3) is 0.154. The van der Waals surface area contributed by atoms with Gasteiger partial charge in [-0.1, -0.05) is 29.8 Å². The number of rotatable bonds is 2. The Hall–Kier alpha value is -1.83. The van der Waals surface area contributed by atoms with Crippen molar-refractivity contribution in [2.75, 3.05) is 0 Å². The maximum atomic E-state index is 5.21. The van der Waals surface area contributed by atoms with Gasteiger partial charge >= 0.3 is 0 Å². The largest absolute Gasteiger partial charge is 0.445 e. The summed E-state index contributed by atoms with van der Waals surface area (Å²) in [5.41, 5.74) is 3.31. The molecule has 0 bridgehead atoms. The van der Waals surface area contributed by atoms with Crippen molar-refractivity contribution >= 4 is 12.2 Å². The minimum Gasteiger partial charge on any atom is -0.445 e. The van der Waals surface area contributed by atoms with E-state index in [2.05, 4.69) is 36.2 Å². The molecule has 0 aliphatic rings. The molecule has 0 amide bonds. The third-order valence-electron chi connectivity index (χ3n) is 2.13. The van der Waals surface area contributed by atoms with E-state index in [9.17, 15) is 0 Å². The van der Waals surface area contributed by atoms with Crippen LogP contribution in [0.15, 0.2) is 34.9 Å². The molecular formula is C13H13NO. The highest BCUT2D eigenvalue weighted by Gasteiger charge is 1.94. The van der Waals surface area contributed by atoms with Crippen LogP contribution in [-0.4, -0.2) is 4.98 Å². The number of hydrogen-bond donors (Lipinski definition) is 0. The lowest BCUT2D eigenvalue weighted by molar-refractivity contribution is 0.546. The summed E-state index contributed by atoms with van der Waals surface area (Å²) in [6, 6.07) is 8.31. The van der Waals surface area contributed by atoms with Crippen LogP contribution < -0.4 is 0 Å². The van der Waals surface area contributed by atoms with E-state index in [1.54, 1.807) is 6.26 Å². The van der Waals surface area contributed by atoms with E-state index in [1.165, 1.54) is 5.56 Å². The first-order valence-corrected chi connectivity index (χ1v) is 4.91. The van der Waals surface area contributed by atoms with E-state index < -0.39 is 0 Å². The molecule has 0 unspecified atom stereocenters. The Morgan fingerprint density at radius 2 is 1.80 bits per heavy atom. The second kappa shape index (κ2) is 4.13. The zero-order valence-corrected chi connectivity index (χ0v) is 8.90. The zero-order valence-electron chi connectivity index (χ0n) is 8.90. The van der Waals surface area contributed by atoms with Crippen LogP contribution in [0.25, 0.3) is 12.2 Å². The molecule has 1 aromatic carbocycles. The number of benzene rings is 1. The van der Waals surface area contributed by atoms with Gasteiger partial charge in [0.2, 0.25) is 5.89 Å². The molecule has 2 aromatic rings. The van der Waals surface area contributed by atoms with Gasteiger partial charge in [0, 0.05) is 6.08 Å². The first-order chi connectivity index (χ1) is 7.24. The van der Waals surface area contributed by atoms with Gasteiger partial charge in [-0.3, -0.25) is 0 Å². The van der Waals surface area contributed by atoms with Crippen molar-refractivity contribution in [3.63, 3.8) is 0 Å². The molecule has 1 heterocycles. The highest BCUT2D eigenvalue weighted by molar-refractivity contribution is 5.66. The molecule has 2 heteroatoms. The van der Waals surface area contributed by atoms with Crippen molar-refractivity contribution in [2.24, 2.45) is 0 Å². The second-order valence-electron chi connectivity index (χ2n) is 3.57. The van der Waals surface area contributed by atoms with Crippen molar-refractivity contribution in [1.29, 1.82) is 0 Å². The van der Waals surface area contributed by atoms with Gasteiger partial charge in [0.25, 0.3) is 0 Å². The van der Waals surface area contributed by atoms with Crippen molar-refractivity contribution in [2.45, 2.75) is 13.8 Å². The van der Waals surface area contributed by atoms with Gasteiger partial charge in [-0.05, 0) is 25.5 Å². The Labute approximate surface area is 89.3 Å². The summed E-state index contributed by atoms with van der Waals surface area (Å²) in [4.78, 5) is 4.19. The molecule has 0 aliphatic carbocycles. The number of oxazole rings is 1. The Morgan fingerprint density at radius 1 is 1.07 bits per heavy atom. The third-order valence-corrected chi connectivity index (χ3v) is 2.13. The molecule has 0 radical (unpaired) electrons.